The number of morpholine rings is 1. The molecule has 0 radical (unpaired) electrons. The number of sulfonamides is 1. The maximum absolute atomic E-state index is 12.7. The van der Waals surface area contributed by atoms with Crippen LogP contribution in [0.2, 0.25) is 0 Å². The number of aryl methyl sites for hydroxylation is 2. The number of nitriles is 1. The predicted octanol–water partition coefficient (Wildman–Crippen LogP) is 0.799. The van der Waals surface area contributed by atoms with E-state index in [1.54, 1.807) is 26.0 Å². The van der Waals surface area contributed by atoms with Crippen molar-refractivity contribution in [2.45, 2.75) is 24.8 Å². The lowest BCUT2D eigenvalue weighted by molar-refractivity contribution is 0.0311. The zero-order valence-corrected chi connectivity index (χ0v) is 12.3. The molecule has 0 spiro atoms. The number of rotatable bonds is 2. The molecule has 1 saturated heterocycles. The molecule has 1 aromatic rings. The highest BCUT2D eigenvalue weighted by Crippen LogP contribution is 2.27. The molecular weight excluding hydrogens is 278 g/mol. The number of nitrogen functional groups attached to an aromatic ring is 1. The summed E-state index contributed by atoms with van der Waals surface area (Å²) >= 11 is 0. The maximum atomic E-state index is 12.7. The van der Waals surface area contributed by atoms with Gasteiger partial charge in [-0.05, 0) is 37.1 Å². The second-order valence-electron chi connectivity index (χ2n) is 4.84. The third-order valence-corrected chi connectivity index (χ3v) is 5.43. The largest absolute Gasteiger partial charge is 0.399 e. The fraction of sp³-hybridized carbons (Fsp3) is 0.462. The van der Waals surface area contributed by atoms with E-state index in [1.165, 1.54) is 4.31 Å². The van der Waals surface area contributed by atoms with E-state index in [1.807, 2.05) is 6.07 Å². The van der Waals surface area contributed by atoms with Crippen LogP contribution in [0.3, 0.4) is 0 Å². The van der Waals surface area contributed by atoms with Crippen molar-refractivity contribution in [1.82, 2.24) is 4.31 Å². The molecule has 0 amide bonds. The van der Waals surface area contributed by atoms with Crippen molar-refractivity contribution >= 4 is 15.7 Å². The van der Waals surface area contributed by atoms with Gasteiger partial charge >= 0.3 is 0 Å². The summed E-state index contributed by atoms with van der Waals surface area (Å²) in [5.41, 5.74) is 7.49. The van der Waals surface area contributed by atoms with Crippen LogP contribution in [0.5, 0.6) is 0 Å². The molecule has 1 aliphatic rings. The first-order valence-corrected chi connectivity index (χ1v) is 7.68. The van der Waals surface area contributed by atoms with E-state index in [9.17, 15) is 8.42 Å². The fourth-order valence-electron chi connectivity index (χ4n) is 2.44. The lowest BCUT2D eigenvalue weighted by Gasteiger charge is -2.30. The minimum Gasteiger partial charge on any atom is -0.399 e. The molecule has 0 bridgehead atoms. The van der Waals surface area contributed by atoms with Crippen LogP contribution in [-0.4, -0.2) is 38.5 Å². The number of hydrogen-bond donors (Lipinski definition) is 1. The molecular formula is C13H17N3O3S. The first-order chi connectivity index (χ1) is 9.36. The van der Waals surface area contributed by atoms with Gasteiger partial charge in [-0.15, -0.1) is 0 Å². The normalized spacial score (nSPS) is 20.6. The third-order valence-electron chi connectivity index (χ3n) is 3.25. The van der Waals surface area contributed by atoms with Gasteiger partial charge in [-0.2, -0.15) is 9.57 Å². The summed E-state index contributed by atoms with van der Waals surface area (Å²) < 4.78 is 31.9. The molecule has 1 aliphatic heterocycles. The van der Waals surface area contributed by atoms with E-state index in [0.29, 0.717) is 16.8 Å². The molecule has 2 rings (SSSR count). The van der Waals surface area contributed by atoms with Gasteiger partial charge in [0.1, 0.15) is 0 Å². The van der Waals surface area contributed by atoms with Gasteiger partial charge in [-0.25, -0.2) is 8.42 Å². The Labute approximate surface area is 118 Å². The average molecular weight is 295 g/mol. The molecule has 0 aliphatic carbocycles. The number of nitrogens with two attached hydrogens (primary N) is 1. The van der Waals surface area contributed by atoms with Crippen molar-refractivity contribution < 1.29 is 13.2 Å². The van der Waals surface area contributed by atoms with Gasteiger partial charge < -0.3 is 10.5 Å². The van der Waals surface area contributed by atoms with E-state index in [0.717, 1.165) is 0 Å². The van der Waals surface area contributed by atoms with Gasteiger partial charge in [0.05, 0.1) is 24.1 Å². The Morgan fingerprint density at radius 1 is 1.40 bits per heavy atom. The second kappa shape index (κ2) is 5.40. The van der Waals surface area contributed by atoms with Crippen molar-refractivity contribution in [1.29, 1.82) is 5.26 Å². The highest BCUT2D eigenvalue weighted by atomic mass is 32.2. The third kappa shape index (κ3) is 2.63. The monoisotopic (exact) mass is 295 g/mol. The van der Waals surface area contributed by atoms with Crippen molar-refractivity contribution in [3.63, 3.8) is 0 Å². The van der Waals surface area contributed by atoms with E-state index in [-0.39, 0.29) is 24.6 Å². The van der Waals surface area contributed by atoms with Crippen LogP contribution in [0, 0.1) is 25.2 Å². The van der Waals surface area contributed by atoms with Crippen LogP contribution in [0.25, 0.3) is 0 Å². The number of benzene rings is 1. The Morgan fingerprint density at radius 2 is 2.00 bits per heavy atom. The molecule has 2 N–H and O–H groups in total. The molecule has 108 valence electrons. The van der Waals surface area contributed by atoms with E-state index in [2.05, 4.69) is 0 Å². The summed E-state index contributed by atoms with van der Waals surface area (Å²) in [6.07, 6.45) is -0.715. The zero-order chi connectivity index (χ0) is 14.9. The van der Waals surface area contributed by atoms with Gasteiger partial charge in [-0.3, -0.25) is 0 Å². The zero-order valence-electron chi connectivity index (χ0n) is 11.5. The van der Waals surface area contributed by atoms with Gasteiger partial charge in [0.25, 0.3) is 0 Å². The summed E-state index contributed by atoms with van der Waals surface area (Å²) in [6, 6.07) is 5.23. The number of anilines is 1. The minimum absolute atomic E-state index is 0.0576. The summed E-state index contributed by atoms with van der Waals surface area (Å²) in [5, 5.41) is 8.88. The van der Waals surface area contributed by atoms with Crippen LogP contribution >= 0.6 is 0 Å². The maximum Gasteiger partial charge on any atom is 0.243 e. The van der Waals surface area contributed by atoms with Crippen molar-refractivity contribution in [3.8, 4) is 6.07 Å². The van der Waals surface area contributed by atoms with E-state index < -0.39 is 16.1 Å². The Kier molecular flexibility index (Phi) is 3.99. The van der Waals surface area contributed by atoms with E-state index >= 15 is 0 Å². The second-order valence-corrected chi connectivity index (χ2v) is 6.71. The molecule has 1 aromatic carbocycles. The highest BCUT2D eigenvalue weighted by Gasteiger charge is 2.32. The molecule has 7 heteroatoms. The number of hydrogen-bond acceptors (Lipinski definition) is 5. The predicted molar refractivity (Wildman–Crippen MR) is 74.4 cm³/mol. The van der Waals surface area contributed by atoms with Gasteiger partial charge in [-0.1, -0.05) is 0 Å². The summed E-state index contributed by atoms with van der Waals surface area (Å²) in [5.74, 6) is 0. The van der Waals surface area contributed by atoms with Crippen LogP contribution < -0.4 is 5.73 Å². The molecule has 6 nitrogen and oxygen atoms in total. The Hall–Kier alpha value is -1.62. The Balaban J connectivity index is 2.43. The Bertz CT molecular complexity index is 641. The number of ether oxygens (including phenoxy) is 1. The molecule has 1 fully saturated rings. The molecule has 20 heavy (non-hydrogen) atoms. The van der Waals surface area contributed by atoms with Crippen molar-refractivity contribution in [3.05, 3.63) is 23.3 Å². The van der Waals surface area contributed by atoms with Crippen LogP contribution in [-0.2, 0) is 14.8 Å². The molecule has 0 saturated carbocycles. The summed E-state index contributed by atoms with van der Waals surface area (Å²) in [7, 11) is -3.64. The summed E-state index contributed by atoms with van der Waals surface area (Å²) in [6.45, 7) is 3.98. The van der Waals surface area contributed by atoms with Gasteiger partial charge in [0, 0.05) is 12.2 Å². The fourth-order valence-corrected chi connectivity index (χ4v) is 4.28. The summed E-state index contributed by atoms with van der Waals surface area (Å²) in [4.78, 5) is 0.269. The topological polar surface area (TPSA) is 96.4 Å². The van der Waals surface area contributed by atoms with Gasteiger partial charge in [0.2, 0.25) is 10.0 Å². The average Bonchev–Trinajstić information content (AvgIpc) is 2.37. The highest BCUT2D eigenvalue weighted by molar-refractivity contribution is 7.89. The lowest BCUT2D eigenvalue weighted by atomic mass is 10.1. The van der Waals surface area contributed by atoms with Crippen molar-refractivity contribution in [2.75, 3.05) is 25.4 Å². The number of nitrogens with zero attached hydrogens (tertiary/aromatic N) is 2. The molecule has 1 unspecified atom stereocenters. The van der Waals surface area contributed by atoms with E-state index in [4.69, 9.17) is 15.7 Å². The quantitative estimate of drug-likeness (QED) is 0.814. The van der Waals surface area contributed by atoms with Crippen LogP contribution in [0.15, 0.2) is 17.0 Å². The van der Waals surface area contributed by atoms with Crippen LogP contribution in [0.1, 0.15) is 11.1 Å². The molecule has 1 atom stereocenters. The smallest absolute Gasteiger partial charge is 0.243 e. The Morgan fingerprint density at radius 3 is 2.55 bits per heavy atom. The first kappa shape index (κ1) is 14.8. The molecule has 0 aromatic heterocycles. The standard InChI is InChI=1S/C13H17N3O3S/c1-9-5-11(15)6-10(2)13(9)20(17,18)16-3-4-19-12(7-14)8-16/h5-6,12H,3-4,8,15H2,1-2H3. The first-order valence-electron chi connectivity index (χ1n) is 6.24. The van der Waals surface area contributed by atoms with Gasteiger partial charge in [0.15, 0.2) is 6.10 Å². The minimum atomic E-state index is -3.64. The van der Waals surface area contributed by atoms with Crippen LogP contribution in [0.4, 0.5) is 5.69 Å². The van der Waals surface area contributed by atoms with Crippen molar-refractivity contribution in [2.24, 2.45) is 0 Å². The lowest BCUT2D eigenvalue weighted by Crippen LogP contribution is -2.45. The molecule has 1 heterocycles. The SMILES string of the molecule is Cc1cc(N)cc(C)c1S(=O)(=O)N1CCOC(C#N)C1.